The summed E-state index contributed by atoms with van der Waals surface area (Å²) in [7, 11) is 0. The summed E-state index contributed by atoms with van der Waals surface area (Å²) in [5.41, 5.74) is 0.170. The van der Waals surface area contributed by atoms with Gasteiger partial charge in [0, 0.05) is 43.6 Å². The molecule has 1 saturated heterocycles. The number of hydrogen-bond acceptors (Lipinski definition) is 4. The maximum atomic E-state index is 12.6. The lowest BCUT2D eigenvalue weighted by Crippen LogP contribution is -2.43. The van der Waals surface area contributed by atoms with Gasteiger partial charge in [-0.25, -0.2) is 9.78 Å². The van der Waals surface area contributed by atoms with E-state index in [1.54, 1.807) is 23.2 Å². The van der Waals surface area contributed by atoms with Gasteiger partial charge >= 0.3 is 12.2 Å². The highest BCUT2D eigenvalue weighted by Crippen LogP contribution is 2.31. The molecular weight excluding hydrogens is 425 g/mol. The highest BCUT2D eigenvalue weighted by atomic mass is 19.4. The summed E-state index contributed by atoms with van der Waals surface area (Å²) in [6.07, 6.45) is 0.101. The molecule has 2 aromatic rings. The minimum absolute atomic E-state index is 0.0161. The Morgan fingerprint density at radius 1 is 0.938 bits per heavy atom. The molecule has 10 heteroatoms. The highest BCUT2D eigenvalue weighted by Gasteiger charge is 2.31. The van der Waals surface area contributed by atoms with Crippen molar-refractivity contribution in [3.05, 3.63) is 48.2 Å². The number of amides is 3. The number of benzene rings is 1. The Bertz CT molecular complexity index is 952. The minimum atomic E-state index is -4.41. The Kier molecular flexibility index (Phi) is 6.20. The van der Waals surface area contributed by atoms with Crippen molar-refractivity contribution >= 4 is 23.3 Å². The number of carbonyl (C=O) groups excluding carboxylic acids is 2. The molecule has 0 bridgehead atoms. The molecule has 1 aromatic heterocycles. The van der Waals surface area contributed by atoms with Crippen LogP contribution in [0.4, 0.5) is 29.3 Å². The number of anilines is 2. The number of aromatic nitrogens is 1. The zero-order valence-electron chi connectivity index (χ0n) is 17.2. The summed E-state index contributed by atoms with van der Waals surface area (Å²) < 4.78 is 43.8. The fraction of sp³-hybridized carbons (Fsp3) is 0.409. The summed E-state index contributed by atoms with van der Waals surface area (Å²) in [5, 5.41) is 5.44. The van der Waals surface area contributed by atoms with Crippen molar-refractivity contribution in [3.63, 3.8) is 0 Å². The highest BCUT2D eigenvalue weighted by molar-refractivity contribution is 5.93. The molecule has 7 nitrogen and oxygen atoms in total. The number of alkyl halides is 3. The van der Waals surface area contributed by atoms with E-state index in [9.17, 15) is 22.8 Å². The second-order valence-electron chi connectivity index (χ2n) is 7.96. The SMILES string of the molecule is O=C(Nc1ccc(OC2CCN(C(=O)Nc3ccc(C(F)(F)F)cc3)CC2)nc1)C1CC1. The molecule has 4 rings (SSSR count). The number of pyridine rings is 1. The zero-order chi connectivity index (χ0) is 22.7. The number of rotatable bonds is 5. The van der Waals surface area contributed by atoms with Crippen molar-refractivity contribution in [1.82, 2.24) is 9.88 Å². The van der Waals surface area contributed by atoms with Crippen molar-refractivity contribution in [3.8, 4) is 5.88 Å². The first-order valence-electron chi connectivity index (χ1n) is 10.4. The van der Waals surface area contributed by atoms with Crippen LogP contribution in [-0.2, 0) is 11.0 Å². The van der Waals surface area contributed by atoms with Gasteiger partial charge in [0.25, 0.3) is 0 Å². The van der Waals surface area contributed by atoms with Crippen LogP contribution in [0, 0.1) is 5.92 Å². The van der Waals surface area contributed by atoms with Gasteiger partial charge in [-0.2, -0.15) is 13.2 Å². The van der Waals surface area contributed by atoms with Crippen LogP contribution in [0.5, 0.6) is 5.88 Å². The van der Waals surface area contributed by atoms with Crippen molar-refractivity contribution in [2.45, 2.75) is 38.0 Å². The average Bonchev–Trinajstić information content (AvgIpc) is 3.61. The van der Waals surface area contributed by atoms with Crippen LogP contribution in [0.15, 0.2) is 42.6 Å². The monoisotopic (exact) mass is 448 g/mol. The number of likely N-dealkylation sites (tertiary alicyclic amines) is 1. The molecule has 2 aliphatic rings. The Morgan fingerprint density at radius 3 is 2.16 bits per heavy atom. The molecule has 2 fully saturated rings. The lowest BCUT2D eigenvalue weighted by Gasteiger charge is -2.32. The molecule has 1 aromatic carbocycles. The third kappa shape index (κ3) is 5.68. The molecule has 3 amide bonds. The van der Waals surface area contributed by atoms with E-state index in [2.05, 4.69) is 15.6 Å². The molecule has 1 saturated carbocycles. The van der Waals surface area contributed by atoms with Crippen LogP contribution in [0.25, 0.3) is 0 Å². The molecule has 32 heavy (non-hydrogen) atoms. The summed E-state index contributed by atoms with van der Waals surface area (Å²) in [6.45, 7) is 0.902. The molecule has 0 radical (unpaired) electrons. The van der Waals surface area contributed by atoms with E-state index in [0.29, 0.717) is 43.2 Å². The minimum Gasteiger partial charge on any atom is -0.474 e. The molecule has 2 N–H and O–H groups in total. The Hall–Kier alpha value is -3.30. The Morgan fingerprint density at radius 2 is 1.59 bits per heavy atom. The number of hydrogen-bond donors (Lipinski definition) is 2. The topological polar surface area (TPSA) is 83.6 Å². The van der Waals surface area contributed by atoms with E-state index in [4.69, 9.17) is 4.74 Å². The largest absolute Gasteiger partial charge is 0.474 e. The first-order valence-corrected chi connectivity index (χ1v) is 10.4. The lowest BCUT2D eigenvalue weighted by atomic mass is 10.1. The van der Waals surface area contributed by atoms with E-state index in [1.165, 1.54) is 12.1 Å². The number of urea groups is 1. The van der Waals surface area contributed by atoms with Gasteiger partial charge in [0.2, 0.25) is 11.8 Å². The first kappa shape index (κ1) is 21.9. The normalized spacial score (nSPS) is 17.0. The maximum absolute atomic E-state index is 12.6. The zero-order valence-corrected chi connectivity index (χ0v) is 17.2. The van der Waals surface area contributed by atoms with Gasteiger partial charge in [0.05, 0.1) is 17.4 Å². The molecule has 170 valence electrons. The van der Waals surface area contributed by atoms with Crippen LogP contribution >= 0.6 is 0 Å². The van der Waals surface area contributed by atoms with Crippen LogP contribution in [0.3, 0.4) is 0 Å². The van der Waals surface area contributed by atoms with Gasteiger partial charge in [0.15, 0.2) is 0 Å². The molecule has 1 aliphatic carbocycles. The predicted octanol–water partition coefficient (Wildman–Crippen LogP) is 4.52. The average molecular weight is 448 g/mol. The summed E-state index contributed by atoms with van der Waals surface area (Å²) in [4.78, 5) is 30.0. The fourth-order valence-corrected chi connectivity index (χ4v) is 3.41. The molecular formula is C22H23F3N4O3. The number of carbonyl (C=O) groups is 2. The van der Waals surface area contributed by atoms with Gasteiger partial charge in [-0.05, 0) is 43.2 Å². The number of halogens is 3. The smallest absolute Gasteiger partial charge is 0.416 e. The Balaban J connectivity index is 1.22. The van der Waals surface area contributed by atoms with E-state index in [0.717, 1.165) is 25.0 Å². The van der Waals surface area contributed by atoms with E-state index in [1.807, 2.05) is 0 Å². The van der Waals surface area contributed by atoms with Gasteiger partial charge < -0.3 is 20.3 Å². The van der Waals surface area contributed by atoms with E-state index in [-0.39, 0.29) is 24.0 Å². The molecule has 0 atom stereocenters. The second kappa shape index (κ2) is 9.05. The van der Waals surface area contributed by atoms with Crippen LogP contribution < -0.4 is 15.4 Å². The molecule has 2 heterocycles. The molecule has 0 spiro atoms. The van der Waals surface area contributed by atoms with Crippen molar-refractivity contribution in [2.24, 2.45) is 5.92 Å². The molecule has 0 unspecified atom stereocenters. The maximum Gasteiger partial charge on any atom is 0.416 e. The van der Waals surface area contributed by atoms with Crippen LogP contribution in [0.1, 0.15) is 31.2 Å². The standard InChI is InChI=1S/C22H23F3N4O3/c23-22(24,25)15-3-5-16(6-4-15)28-21(31)29-11-9-18(10-12-29)32-19-8-7-17(13-26-19)27-20(30)14-1-2-14/h3-8,13-14,18H,1-2,9-12H2,(H,27,30)(H,28,31). The summed E-state index contributed by atoms with van der Waals surface area (Å²) in [5.74, 6) is 0.581. The number of ether oxygens (including phenoxy) is 1. The third-order valence-electron chi connectivity index (χ3n) is 5.43. The van der Waals surface area contributed by atoms with Gasteiger partial charge in [0.1, 0.15) is 6.10 Å². The second-order valence-corrected chi connectivity index (χ2v) is 7.96. The molecule has 1 aliphatic heterocycles. The van der Waals surface area contributed by atoms with Gasteiger partial charge in [-0.15, -0.1) is 0 Å². The van der Waals surface area contributed by atoms with Gasteiger partial charge in [-0.1, -0.05) is 0 Å². The Labute approximate surface area is 183 Å². The number of nitrogens with zero attached hydrogens (tertiary/aromatic N) is 2. The fourth-order valence-electron chi connectivity index (χ4n) is 3.41. The first-order chi connectivity index (χ1) is 15.3. The van der Waals surface area contributed by atoms with Crippen molar-refractivity contribution in [1.29, 1.82) is 0 Å². The number of piperidine rings is 1. The summed E-state index contributed by atoms with van der Waals surface area (Å²) >= 11 is 0. The van der Waals surface area contributed by atoms with E-state index < -0.39 is 11.7 Å². The predicted molar refractivity (Wildman–Crippen MR) is 111 cm³/mol. The quantitative estimate of drug-likeness (QED) is 0.704. The van der Waals surface area contributed by atoms with Crippen LogP contribution in [-0.4, -0.2) is 41.0 Å². The third-order valence-corrected chi connectivity index (χ3v) is 5.43. The van der Waals surface area contributed by atoms with E-state index >= 15 is 0 Å². The van der Waals surface area contributed by atoms with Crippen LogP contribution in [0.2, 0.25) is 0 Å². The van der Waals surface area contributed by atoms with Gasteiger partial charge in [-0.3, -0.25) is 4.79 Å². The number of nitrogens with one attached hydrogen (secondary N) is 2. The van der Waals surface area contributed by atoms with Crippen molar-refractivity contribution in [2.75, 3.05) is 23.7 Å². The van der Waals surface area contributed by atoms with Crippen molar-refractivity contribution < 1.29 is 27.5 Å². The lowest BCUT2D eigenvalue weighted by molar-refractivity contribution is -0.137. The summed E-state index contributed by atoms with van der Waals surface area (Å²) in [6, 6.07) is 7.42.